The molecule has 3 atom stereocenters. The van der Waals surface area contributed by atoms with Crippen molar-refractivity contribution in [2.24, 2.45) is 5.92 Å². The van der Waals surface area contributed by atoms with Crippen LogP contribution in [0.5, 0.6) is 0 Å². The van der Waals surface area contributed by atoms with Crippen molar-refractivity contribution >= 4 is 0 Å². The van der Waals surface area contributed by atoms with Crippen molar-refractivity contribution in [3.8, 4) is 0 Å². The summed E-state index contributed by atoms with van der Waals surface area (Å²) in [5.41, 5.74) is -0.0766. The van der Waals surface area contributed by atoms with E-state index in [1.807, 2.05) is 0 Å². The highest BCUT2D eigenvalue weighted by Gasteiger charge is 2.40. The molecule has 2 aliphatic rings. The Hall–Kier alpha value is -0.120. The third-order valence-electron chi connectivity index (χ3n) is 3.26. The quantitative estimate of drug-likeness (QED) is 0.629. The van der Waals surface area contributed by atoms with Crippen molar-refractivity contribution in [1.29, 1.82) is 0 Å². The maximum absolute atomic E-state index is 5.94. The fourth-order valence-electron chi connectivity index (χ4n) is 2.41. The largest absolute Gasteiger partial charge is 0.356 e. The van der Waals surface area contributed by atoms with E-state index in [1.54, 1.807) is 0 Å². The van der Waals surface area contributed by atoms with Gasteiger partial charge in [-0.05, 0) is 33.2 Å². The first-order valence-corrected chi connectivity index (χ1v) is 5.34. The molecule has 3 unspecified atom stereocenters. The summed E-state index contributed by atoms with van der Waals surface area (Å²) in [6.07, 6.45) is 2.93. The van der Waals surface area contributed by atoms with Crippen LogP contribution >= 0.6 is 0 Å². The minimum absolute atomic E-state index is 0.0766. The zero-order valence-corrected chi connectivity index (χ0v) is 8.60. The average molecular weight is 184 g/mol. The Labute approximate surface area is 80.2 Å². The molecule has 2 rings (SSSR count). The maximum Gasteiger partial charge on any atom is 0.120 e. The highest BCUT2D eigenvalue weighted by Crippen LogP contribution is 2.29. The fourth-order valence-corrected chi connectivity index (χ4v) is 2.41. The van der Waals surface area contributed by atoms with Gasteiger partial charge in [0.05, 0.1) is 6.10 Å². The number of ether oxygens (including phenoxy) is 1. The molecule has 0 radical (unpaired) electrons. The van der Waals surface area contributed by atoms with E-state index in [0.717, 1.165) is 13.1 Å². The molecule has 0 spiro atoms. The predicted octanol–water partition coefficient (Wildman–Crippen LogP) is 0.710. The molecule has 2 N–H and O–H groups in total. The molecule has 2 aliphatic heterocycles. The van der Waals surface area contributed by atoms with Gasteiger partial charge >= 0.3 is 0 Å². The van der Waals surface area contributed by atoms with E-state index in [-0.39, 0.29) is 5.72 Å². The monoisotopic (exact) mass is 184 g/mol. The summed E-state index contributed by atoms with van der Waals surface area (Å²) in [5, 5.41) is 6.92. The molecular formula is C10H20N2O. The molecule has 3 nitrogen and oxygen atoms in total. The Morgan fingerprint density at radius 3 is 2.77 bits per heavy atom. The van der Waals surface area contributed by atoms with E-state index >= 15 is 0 Å². The van der Waals surface area contributed by atoms with Crippen LogP contribution in [-0.2, 0) is 4.74 Å². The van der Waals surface area contributed by atoms with Gasteiger partial charge in [0.15, 0.2) is 0 Å². The number of hydrogen-bond donors (Lipinski definition) is 2. The van der Waals surface area contributed by atoms with Crippen molar-refractivity contribution in [1.82, 2.24) is 10.6 Å². The topological polar surface area (TPSA) is 33.3 Å². The van der Waals surface area contributed by atoms with Gasteiger partial charge in [0.2, 0.25) is 0 Å². The van der Waals surface area contributed by atoms with Gasteiger partial charge in [-0.1, -0.05) is 0 Å². The highest BCUT2D eigenvalue weighted by atomic mass is 16.5. The van der Waals surface area contributed by atoms with Gasteiger partial charge in [0.1, 0.15) is 5.72 Å². The molecule has 13 heavy (non-hydrogen) atoms. The average Bonchev–Trinajstić information content (AvgIpc) is 2.49. The van der Waals surface area contributed by atoms with Crippen molar-refractivity contribution in [3.05, 3.63) is 0 Å². The van der Waals surface area contributed by atoms with Gasteiger partial charge in [-0.25, -0.2) is 0 Å². The summed E-state index contributed by atoms with van der Waals surface area (Å²) in [6.45, 7) is 7.58. The van der Waals surface area contributed by atoms with Crippen LogP contribution in [0.2, 0.25) is 0 Å². The summed E-state index contributed by atoms with van der Waals surface area (Å²) >= 11 is 0. The molecule has 0 saturated carbocycles. The number of piperidine rings is 1. The highest BCUT2D eigenvalue weighted by molar-refractivity contribution is 4.90. The summed E-state index contributed by atoms with van der Waals surface area (Å²) in [6, 6.07) is 0. The molecule has 0 aromatic rings. The van der Waals surface area contributed by atoms with E-state index in [9.17, 15) is 0 Å². The molecule has 0 aromatic carbocycles. The van der Waals surface area contributed by atoms with E-state index in [4.69, 9.17) is 4.74 Å². The van der Waals surface area contributed by atoms with E-state index in [1.165, 1.54) is 19.4 Å². The number of rotatable bonds is 1. The summed E-state index contributed by atoms with van der Waals surface area (Å²) in [5.74, 6) is 0.631. The maximum atomic E-state index is 5.94. The molecule has 2 fully saturated rings. The van der Waals surface area contributed by atoms with Gasteiger partial charge in [0, 0.05) is 19.0 Å². The van der Waals surface area contributed by atoms with E-state index in [0.29, 0.717) is 12.0 Å². The SMILES string of the molecule is CC1CNC(C)(C2CCCNC2)O1. The van der Waals surface area contributed by atoms with Crippen LogP contribution in [0.15, 0.2) is 0 Å². The standard InChI is InChI=1S/C10H20N2O/c1-8-6-12-10(2,13-8)9-4-3-5-11-7-9/h8-9,11-12H,3-7H2,1-2H3. The predicted molar refractivity (Wildman–Crippen MR) is 52.5 cm³/mol. The van der Waals surface area contributed by atoms with Crippen LogP contribution in [0.25, 0.3) is 0 Å². The van der Waals surface area contributed by atoms with Gasteiger partial charge < -0.3 is 10.1 Å². The van der Waals surface area contributed by atoms with Crippen molar-refractivity contribution < 1.29 is 4.74 Å². The van der Waals surface area contributed by atoms with Crippen LogP contribution in [0, 0.1) is 5.92 Å². The molecule has 76 valence electrons. The summed E-state index contributed by atoms with van der Waals surface area (Å²) in [7, 11) is 0. The zero-order valence-electron chi connectivity index (χ0n) is 8.60. The van der Waals surface area contributed by atoms with E-state index in [2.05, 4.69) is 24.5 Å². The molecular weight excluding hydrogens is 164 g/mol. The fraction of sp³-hybridized carbons (Fsp3) is 1.00. The minimum atomic E-state index is -0.0766. The molecule has 0 bridgehead atoms. The van der Waals surface area contributed by atoms with Crippen molar-refractivity contribution in [2.75, 3.05) is 19.6 Å². The third kappa shape index (κ3) is 1.87. The molecule has 2 saturated heterocycles. The second-order valence-corrected chi connectivity index (χ2v) is 4.46. The Kier molecular flexibility index (Phi) is 2.58. The lowest BCUT2D eigenvalue weighted by Gasteiger charge is -2.36. The van der Waals surface area contributed by atoms with E-state index < -0.39 is 0 Å². The van der Waals surface area contributed by atoms with Crippen LogP contribution in [0.1, 0.15) is 26.7 Å². The summed E-state index contributed by atoms with van der Waals surface area (Å²) < 4.78 is 5.94. The lowest BCUT2D eigenvalue weighted by molar-refractivity contribution is -0.0770. The molecule has 0 aliphatic carbocycles. The van der Waals surface area contributed by atoms with Gasteiger partial charge in [-0.2, -0.15) is 0 Å². The molecule has 0 aromatic heterocycles. The van der Waals surface area contributed by atoms with Crippen molar-refractivity contribution in [3.63, 3.8) is 0 Å². The third-order valence-corrected chi connectivity index (χ3v) is 3.26. The van der Waals surface area contributed by atoms with Crippen LogP contribution in [0.3, 0.4) is 0 Å². The van der Waals surface area contributed by atoms with Crippen molar-refractivity contribution in [2.45, 2.75) is 38.5 Å². The van der Waals surface area contributed by atoms with Gasteiger partial charge in [-0.15, -0.1) is 0 Å². The second kappa shape index (κ2) is 3.56. The first kappa shape index (κ1) is 9.44. The normalized spacial score (nSPS) is 46.6. The second-order valence-electron chi connectivity index (χ2n) is 4.46. The number of hydrogen-bond acceptors (Lipinski definition) is 3. The van der Waals surface area contributed by atoms with Crippen LogP contribution < -0.4 is 10.6 Å². The zero-order chi connectivity index (χ0) is 9.31. The summed E-state index contributed by atoms with van der Waals surface area (Å²) in [4.78, 5) is 0. The Balaban J connectivity index is 1.97. The van der Waals surface area contributed by atoms with Gasteiger partial charge in [0.25, 0.3) is 0 Å². The Morgan fingerprint density at radius 2 is 2.23 bits per heavy atom. The molecule has 3 heteroatoms. The van der Waals surface area contributed by atoms with Crippen LogP contribution in [-0.4, -0.2) is 31.5 Å². The molecule has 2 heterocycles. The Morgan fingerprint density at radius 1 is 1.38 bits per heavy atom. The first-order chi connectivity index (χ1) is 6.21. The smallest absolute Gasteiger partial charge is 0.120 e. The lowest BCUT2D eigenvalue weighted by Crippen LogP contribution is -2.51. The number of nitrogens with one attached hydrogen (secondary N) is 2. The lowest BCUT2D eigenvalue weighted by atomic mass is 9.90. The molecule has 0 amide bonds. The van der Waals surface area contributed by atoms with Crippen LogP contribution in [0.4, 0.5) is 0 Å². The van der Waals surface area contributed by atoms with Gasteiger partial charge in [-0.3, -0.25) is 5.32 Å². The first-order valence-electron chi connectivity index (χ1n) is 5.34. The minimum Gasteiger partial charge on any atom is -0.356 e. The Bertz CT molecular complexity index is 180.